The lowest BCUT2D eigenvalue weighted by molar-refractivity contribution is -0.138. The number of carbonyl (C=O) groups is 2. The predicted octanol–water partition coefficient (Wildman–Crippen LogP) is 3.37. The lowest BCUT2D eigenvalue weighted by Crippen LogP contribution is -2.49. The number of nitrogens with one attached hydrogen (secondary N) is 1. The van der Waals surface area contributed by atoms with Gasteiger partial charge in [0.25, 0.3) is 0 Å². The zero-order valence-corrected chi connectivity index (χ0v) is 15.3. The van der Waals surface area contributed by atoms with Gasteiger partial charge in [0, 0.05) is 19.0 Å². The topological polar surface area (TPSA) is 49.4 Å². The fraction of sp³-hybridized carbons (Fsp3) is 0.364. The van der Waals surface area contributed by atoms with Crippen molar-refractivity contribution < 1.29 is 14.0 Å². The molecule has 0 aromatic heterocycles. The van der Waals surface area contributed by atoms with Crippen LogP contribution in [-0.2, 0) is 22.7 Å². The molecule has 1 aliphatic heterocycles. The number of fused-ring (bicyclic) bond motifs is 1. The maximum Gasteiger partial charge on any atom is 0.245 e. The van der Waals surface area contributed by atoms with Crippen LogP contribution in [0.1, 0.15) is 42.4 Å². The Bertz CT molecular complexity index is 840. The number of rotatable bonds is 4. The molecule has 2 amide bonds. The molecule has 1 N–H and O–H groups in total. The number of hydrogen-bond acceptors (Lipinski definition) is 2. The van der Waals surface area contributed by atoms with Crippen molar-refractivity contribution >= 4 is 11.8 Å². The molecule has 1 heterocycles. The van der Waals surface area contributed by atoms with Gasteiger partial charge in [-0.05, 0) is 54.5 Å². The normalized spacial score (nSPS) is 21.9. The Labute approximate surface area is 158 Å². The average molecular weight is 366 g/mol. The number of hydrogen-bond donors (Lipinski definition) is 1. The molecular formula is C22H23FN2O2. The van der Waals surface area contributed by atoms with Crippen LogP contribution in [0.2, 0.25) is 0 Å². The molecule has 2 aliphatic rings. The Kier molecular flexibility index (Phi) is 4.68. The summed E-state index contributed by atoms with van der Waals surface area (Å²) in [4.78, 5) is 27.2. The second-order valence-corrected chi connectivity index (χ2v) is 7.54. The van der Waals surface area contributed by atoms with Gasteiger partial charge in [-0.1, -0.05) is 36.4 Å². The molecule has 4 nitrogen and oxygen atoms in total. The van der Waals surface area contributed by atoms with Gasteiger partial charge in [-0.3, -0.25) is 9.59 Å². The molecule has 1 fully saturated rings. The molecule has 0 saturated heterocycles. The first-order chi connectivity index (χ1) is 13.0. The fourth-order valence-corrected chi connectivity index (χ4v) is 4.07. The molecule has 1 aliphatic carbocycles. The Morgan fingerprint density at radius 2 is 1.67 bits per heavy atom. The van der Waals surface area contributed by atoms with E-state index < -0.39 is 6.04 Å². The lowest BCUT2D eigenvalue weighted by atomic mass is 9.69. The van der Waals surface area contributed by atoms with E-state index in [0.717, 1.165) is 18.4 Å². The van der Waals surface area contributed by atoms with Crippen molar-refractivity contribution in [2.45, 2.75) is 44.8 Å². The highest BCUT2D eigenvalue weighted by Crippen LogP contribution is 2.42. The van der Waals surface area contributed by atoms with Crippen LogP contribution < -0.4 is 5.32 Å². The quantitative estimate of drug-likeness (QED) is 0.902. The molecule has 2 aromatic carbocycles. The van der Waals surface area contributed by atoms with Gasteiger partial charge >= 0.3 is 0 Å². The summed E-state index contributed by atoms with van der Waals surface area (Å²) < 4.78 is 13.1. The maximum absolute atomic E-state index is 13.1. The molecule has 0 bridgehead atoms. The largest absolute Gasteiger partial charge is 0.344 e. The lowest BCUT2D eigenvalue weighted by Gasteiger charge is -2.36. The summed E-state index contributed by atoms with van der Waals surface area (Å²) in [5, 5.41) is 2.89. The fourth-order valence-electron chi connectivity index (χ4n) is 4.07. The standard InChI is InChI=1S/C22H23FN2O2/c1-14(22(27)25-12-16-4-2-3-5-17(16)13-25)24-21(26)20-11-10-19(20)15-6-8-18(23)9-7-15/h2-9,14,19-20H,10-13H2,1H3,(H,24,26)/t14-,19?,20?/m0/s1. The summed E-state index contributed by atoms with van der Waals surface area (Å²) in [6.45, 7) is 2.93. The first-order valence-electron chi connectivity index (χ1n) is 9.44. The number of halogens is 1. The van der Waals surface area contributed by atoms with Gasteiger partial charge in [0.15, 0.2) is 0 Å². The zero-order valence-electron chi connectivity index (χ0n) is 15.3. The van der Waals surface area contributed by atoms with Crippen molar-refractivity contribution in [2.75, 3.05) is 0 Å². The summed E-state index contributed by atoms with van der Waals surface area (Å²) in [5.41, 5.74) is 3.32. The van der Waals surface area contributed by atoms with Crippen LogP contribution in [0.15, 0.2) is 48.5 Å². The van der Waals surface area contributed by atoms with E-state index in [1.165, 1.54) is 23.3 Å². The van der Waals surface area contributed by atoms with Crippen LogP contribution in [0.25, 0.3) is 0 Å². The highest BCUT2D eigenvalue weighted by atomic mass is 19.1. The first kappa shape index (κ1) is 17.7. The van der Waals surface area contributed by atoms with Crippen LogP contribution in [0, 0.1) is 11.7 Å². The van der Waals surface area contributed by atoms with Gasteiger partial charge in [0.2, 0.25) is 11.8 Å². The van der Waals surface area contributed by atoms with Crippen LogP contribution in [0.3, 0.4) is 0 Å². The highest BCUT2D eigenvalue weighted by molar-refractivity contribution is 5.89. The molecule has 140 valence electrons. The van der Waals surface area contributed by atoms with Crippen molar-refractivity contribution in [1.82, 2.24) is 10.2 Å². The van der Waals surface area contributed by atoms with Crippen LogP contribution in [0.4, 0.5) is 4.39 Å². The van der Waals surface area contributed by atoms with Crippen LogP contribution in [0.5, 0.6) is 0 Å². The van der Waals surface area contributed by atoms with Crippen molar-refractivity contribution in [3.05, 3.63) is 71.0 Å². The summed E-state index contributed by atoms with van der Waals surface area (Å²) in [6, 6.07) is 13.8. The Hall–Kier alpha value is -2.69. The molecule has 3 atom stereocenters. The van der Waals surface area contributed by atoms with Crippen molar-refractivity contribution in [3.8, 4) is 0 Å². The SMILES string of the molecule is C[C@H](NC(=O)C1CCC1c1ccc(F)cc1)C(=O)N1Cc2ccccc2C1. The van der Waals surface area contributed by atoms with Crippen molar-refractivity contribution in [2.24, 2.45) is 5.92 Å². The summed E-state index contributed by atoms with van der Waals surface area (Å²) in [7, 11) is 0. The number of amides is 2. The van der Waals surface area contributed by atoms with E-state index in [9.17, 15) is 14.0 Å². The third-order valence-corrected chi connectivity index (χ3v) is 5.79. The van der Waals surface area contributed by atoms with Gasteiger partial charge in [0.05, 0.1) is 0 Å². The summed E-state index contributed by atoms with van der Waals surface area (Å²) in [6.07, 6.45) is 1.71. The molecular weight excluding hydrogens is 343 g/mol. The van der Waals surface area contributed by atoms with E-state index in [4.69, 9.17) is 0 Å². The molecule has 4 rings (SSSR count). The molecule has 0 radical (unpaired) electrons. The molecule has 27 heavy (non-hydrogen) atoms. The van der Waals surface area contributed by atoms with Crippen LogP contribution in [-0.4, -0.2) is 22.8 Å². The zero-order chi connectivity index (χ0) is 19.0. The highest BCUT2D eigenvalue weighted by Gasteiger charge is 2.38. The number of nitrogens with zero attached hydrogens (tertiary/aromatic N) is 1. The maximum atomic E-state index is 13.1. The van der Waals surface area contributed by atoms with E-state index in [1.54, 1.807) is 24.0 Å². The second-order valence-electron chi connectivity index (χ2n) is 7.54. The minimum absolute atomic E-state index is 0.0581. The number of benzene rings is 2. The Morgan fingerprint density at radius 1 is 1.04 bits per heavy atom. The Balaban J connectivity index is 1.35. The molecule has 5 heteroatoms. The van der Waals surface area contributed by atoms with Gasteiger partial charge in [-0.15, -0.1) is 0 Å². The molecule has 1 saturated carbocycles. The summed E-state index contributed by atoms with van der Waals surface area (Å²) >= 11 is 0. The minimum atomic E-state index is -0.554. The second kappa shape index (κ2) is 7.14. The van der Waals surface area contributed by atoms with Gasteiger partial charge in [-0.2, -0.15) is 0 Å². The van der Waals surface area contributed by atoms with E-state index in [-0.39, 0.29) is 29.5 Å². The van der Waals surface area contributed by atoms with Crippen molar-refractivity contribution in [1.29, 1.82) is 0 Å². The smallest absolute Gasteiger partial charge is 0.245 e. The third-order valence-electron chi connectivity index (χ3n) is 5.79. The summed E-state index contributed by atoms with van der Waals surface area (Å²) in [5.74, 6) is -0.472. The van der Waals surface area contributed by atoms with E-state index in [0.29, 0.717) is 13.1 Å². The Morgan fingerprint density at radius 3 is 2.22 bits per heavy atom. The van der Waals surface area contributed by atoms with Gasteiger partial charge < -0.3 is 10.2 Å². The van der Waals surface area contributed by atoms with Crippen molar-refractivity contribution in [3.63, 3.8) is 0 Å². The van der Waals surface area contributed by atoms with E-state index in [1.807, 2.05) is 24.3 Å². The van der Waals surface area contributed by atoms with E-state index >= 15 is 0 Å². The molecule has 0 spiro atoms. The van der Waals surface area contributed by atoms with Gasteiger partial charge in [-0.25, -0.2) is 4.39 Å². The monoisotopic (exact) mass is 366 g/mol. The predicted molar refractivity (Wildman–Crippen MR) is 100 cm³/mol. The molecule has 2 unspecified atom stereocenters. The van der Waals surface area contributed by atoms with Crippen LogP contribution >= 0.6 is 0 Å². The van der Waals surface area contributed by atoms with E-state index in [2.05, 4.69) is 5.32 Å². The first-order valence-corrected chi connectivity index (χ1v) is 9.44. The molecule has 2 aromatic rings. The minimum Gasteiger partial charge on any atom is -0.344 e. The van der Waals surface area contributed by atoms with Gasteiger partial charge in [0.1, 0.15) is 11.9 Å². The average Bonchev–Trinajstić information content (AvgIpc) is 3.06. The third kappa shape index (κ3) is 3.46. The number of carbonyl (C=O) groups excluding carboxylic acids is 2.